The molecule has 0 radical (unpaired) electrons. The van der Waals surface area contributed by atoms with E-state index in [2.05, 4.69) is 15.9 Å². The maximum atomic E-state index is 13.2. The lowest BCUT2D eigenvalue weighted by atomic mass is 10.0. The van der Waals surface area contributed by atoms with Gasteiger partial charge in [0.05, 0.1) is 14.4 Å². The molecule has 2 aromatic rings. The Bertz CT molecular complexity index is 621. The van der Waals surface area contributed by atoms with Gasteiger partial charge in [0.1, 0.15) is 11.9 Å². The largest absolute Gasteiger partial charge is 0.419 e. The van der Waals surface area contributed by atoms with Crippen LogP contribution in [0, 0.1) is 5.82 Å². The predicted molar refractivity (Wildman–Crippen MR) is 72.5 cm³/mol. The molecule has 1 aromatic carbocycles. The molecule has 0 saturated heterocycles. The van der Waals surface area contributed by atoms with Crippen molar-refractivity contribution in [2.24, 2.45) is 0 Å². The summed E-state index contributed by atoms with van der Waals surface area (Å²) in [7, 11) is 0. The second-order valence-electron chi connectivity index (χ2n) is 3.91. The minimum atomic E-state index is -4.81. The zero-order chi connectivity index (χ0) is 15.1. The summed E-state index contributed by atoms with van der Waals surface area (Å²) in [5, 5.41) is 10.4. The van der Waals surface area contributed by atoms with Crippen LogP contribution in [0.3, 0.4) is 0 Å². The van der Waals surface area contributed by atoms with Crippen LogP contribution in [0.25, 0.3) is 0 Å². The van der Waals surface area contributed by atoms with Gasteiger partial charge in [0.15, 0.2) is 0 Å². The molecule has 108 valence electrons. The third-order valence-corrected chi connectivity index (χ3v) is 5.07. The number of rotatable bonds is 2. The number of benzene rings is 1. The van der Waals surface area contributed by atoms with Gasteiger partial charge in [-0.2, -0.15) is 13.2 Å². The summed E-state index contributed by atoms with van der Waals surface area (Å²) in [5.41, 5.74) is -1.46. The molecule has 20 heavy (non-hydrogen) atoms. The van der Waals surface area contributed by atoms with Gasteiger partial charge in [-0.3, -0.25) is 0 Å². The Morgan fingerprint density at radius 3 is 2.40 bits per heavy atom. The molecule has 0 spiro atoms. The van der Waals surface area contributed by atoms with Crippen molar-refractivity contribution in [3.63, 3.8) is 0 Å². The first-order valence-electron chi connectivity index (χ1n) is 5.19. The van der Waals surface area contributed by atoms with Gasteiger partial charge in [0.25, 0.3) is 0 Å². The molecule has 1 N–H and O–H groups in total. The lowest BCUT2D eigenvalue weighted by Gasteiger charge is -2.13. The van der Waals surface area contributed by atoms with Crippen LogP contribution in [0.1, 0.15) is 22.1 Å². The van der Waals surface area contributed by atoms with Gasteiger partial charge in [0, 0.05) is 4.88 Å². The molecular formula is C12H6BrClF4OS. The first-order chi connectivity index (χ1) is 9.20. The maximum absolute atomic E-state index is 13.2. The van der Waals surface area contributed by atoms with E-state index in [1.54, 1.807) is 0 Å². The Morgan fingerprint density at radius 2 is 1.90 bits per heavy atom. The second kappa shape index (κ2) is 5.63. The SMILES string of the molecule is OC(c1ccc(F)c(C(F)(F)F)c1)c1cc(Cl)c(Br)s1. The van der Waals surface area contributed by atoms with Crippen LogP contribution in [-0.4, -0.2) is 5.11 Å². The fourth-order valence-electron chi connectivity index (χ4n) is 1.59. The molecule has 8 heteroatoms. The molecule has 1 heterocycles. The zero-order valence-electron chi connectivity index (χ0n) is 9.51. The van der Waals surface area contributed by atoms with Gasteiger partial charge >= 0.3 is 6.18 Å². The topological polar surface area (TPSA) is 20.2 Å². The molecule has 2 rings (SSSR count). The fourth-order valence-corrected chi connectivity index (χ4v) is 3.35. The molecule has 1 aromatic heterocycles. The van der Waals surface area contributed by atoms with Crippen molar-refractivity contribution in [1.82, 2.24) is 0 Å². The van der Waals surface area contributed by atoms with Gasteiger partial charge in [-0.1, -0.05) is 17.7 Å². The normalized spacial score (nSPS) is 13.6. The first kappa shape index (κ1) is 15.8. The number of alkyl halides is 3. The van der Waals surface area contributed by atoms with Crippen LogP contribution in [-0.2, 0) is 6.18 Å². The average Bonchev–Trinajstić information content (AvgIpc) is 2.68. The molecule has 1 atom stereocenters. The summed E-state index contributed by atoms with van der Waals surface area (Å²) in [4.78, 5) is 0.363. The number of aliphatic hydroxyl groups excluding tert-OH is 1. The Morgan fingerprint density at radius 1 is 1.25 bits per heavy atom. The number of aliphatic hydroxyl groups is 1. The van der Waals surface area contributed by atoms with E-state index in [0.717, 1.165) is 17.4 Å². The van der Waals surface area contributed by atoms with Gasteiger partial charge in [0.2, 0.25) is 0 Å². The van der Waals surface area contributed by atoms with Crippen molar-refractivity contribution in [1.29, 1.82) is 0 Å². The van der Waals surface area contributed by atoms with Gasteiger partial charge in [-0.25, -0.2) is 4.39 Å². The summed E-state index contributed by atoms with van der Waals surface area (Å²) >= 11 is 10.0. The number of hydrogen-bond acceptors (Lipinski definition) is 2. The van der Waals surface area contributed by atoms with Gasteiger partial charge in [-0.05, 0) is 39.7 Å². The Labute approximate surface area is 128 Å². The van der Waals surface area contributed by atoms with E-state index < -0.39 is 23.7 Å². The molecule has 0 aliphatic heterocycles. The van der Waals surface area contributed by atoms with Crippen LogP contribution < -0.4 is 0 Å². The quantitative estimate of drug-likeness (QED) is 0.682. The standard InChI is InChI=1S/C12H6BrClF4OS/c13-11-7(14)4-9(20-11)10(19)5-1-2-8(15)6(3-5)12(16,17)18/h1-4,10,19H. The van der Waals surface area contributed by atoms with Gasteiger partial charge in [-0.15, -0.1) is 11.3 Å². The molecule has 0 fully saturated rings. The van der Waals surface area contributed by atoms with Crippen molar-refractivity contribution in [2.75, 3.05) is 0 Å². The second-order valence-corrected chi connectivity index (χ2v) is 6.72. The highest BCUT2D eigenvalue weighted by Crippen LogP contribution is 2.39. The fraction of sp³-hybridized carbons (Fsp3) is 0.167. The smallest absolute Gasteiger partial charge is 0.383 e. The lowest BCUT2D eigenvalue weighted by molar-refractivity contribution is -0.140. The summed E-state index contributed by atoms with van der Waals surface area (Å²) in [6, 6.07) is 3.83. The third kappa shape index (κ3) is 3.16. The summed E-state index contributed by atoms with van der Waals surface area (Å²) in [5.74, 6) is -1.38. The van der Waals surface area contributed by atoms with Crippen molar-refractivity contribution >= 4 is 38.9 Å². The van der Waals surface area contributed by atoms with Gasteiger partial charge < -0.3 is 5.11 Å². The van der Waals surface area contributed by atoms with Crippen LogP contribution >= 0.6 is 38.9 Å². The average molecular weight is 390 g/mol. The Kier molecular flexibility index (Phi) is 4.44. The van der Waals surface area contributed by atoms with E-state index in [1.165, 1.54) is 6.07 Å². The molecule has 0 saturated carbocycles. The van der Waals surface area contributed by atoms with Crippen LogP contribution in [0.4, 0.5) is 17.6 Å². The number of hydrogen-bond donors (Lipinski definition) is 1. The highest BCUT2D eigenvalue weighted by Gasteiger charge is 2.34. The van der Waals surface area contributed by atoms with Crippen LogP contribution in [0.5, 0.6) is 0 Å². The Hall–Kier alpha value is -0.630. The Balaban J connectivity index is 2.43. The summed E-state index contributed by atoms with van der Waals surface area (Å²) < 4.78 is 51.6. The third-order valence-electron chi connectivity index (χ3n) is 2.55. The van der Waals surface area contributed by atoms with Crippen molar-refractivity contribution in [3.05, 3.63) is 54.9 Å². The maximum Gasteiger partial charge on any atom is 0.419 e. The minimum Gasteiger partial charge on any atom is -0.383 e. The minimum absolute atomic E-state index is 0.0517. The van der Waals surface area contributed by atoms with Crippen LogP contribution in [0.2, 0.25) is 5.02 Å². The van der Waals surface area contributed by atoms with E-state index >= 15 is 0 Å². The molecule has 0 bridgehead atoms. The molecule has 1 nitrogen and oxygen atoms in total. The number of halogens is 6. The predicted octanol–water partition coefficient (Wildman–Crippen LogP) is 5.40. The summed E-state index contributed by atoms with van der Waals surface area (Å²) in [6.45, 7) is 0. The van der Waals surface area contributed by atoms with Crippen molar-refractivity contribution in [3.8, 4) is 0 Å². The molecular weight excluding hydrogens is 384 g/mol. The molecule has 1 unspecified atom stereocenters. The first-order valence-corrected chi connectivity index (χ1v) is 7.18. The highest BCUT2D eigenvalue weighted by atomic mass is 79.9. The number of thiophene rings is 1. The summed E-state index contributed by atoms with van der Waals surface area (Å²) in [6.07, 6.45) is -6.11. The lowest BCUT2D eigenvalue weighted by Crippen LogP contribution is -2.10. The zero-order valence-corrected chi connectivity index (χ0v) is 12.7. The highest BCUT2D eigenvalue weighted by molar-refractivity contribution is 9.11. The van der Waals surface area contributed by atoms with Crippen molar-refractivity contribution < 1.29 is 22.7 Å². The van der Waals surface area contributed by atoms with E-state index in [0.29, 0.717) is 25.8 Å². The van der Waals surface area contributed by atoms with E-state index in [4.69, 9.17) is 11.6 Å². The van der Waals surface area contributed by atoms with E-state index in [-0.39, 0.29) is 5.56 Å². The monoisotopic (exact) mass is 388 g/mol. The van der Waals surface area contributed by atoms with E-state index in [9.17, 15) is 22.7 Å². The van der Waals surface area contributed by atoms with Crippen molar-refractivity contribution in [2.45, 2.75) is 12.3 Å². The van der Waals surface area contributed by atoms with E-state index in [1.807, 2.05) is 0 Å². The van der Waals surface area contributed by atoms with Crippen LogP contribution in [0.15, 0.2) is 28.1 Å². The molecule has 0 aliphatic carbocycles. The molecule has 0 aliphatic rings. The molecule has 0 amide bonds.